The summed E-state index contributed by atoms with van der Waals surface area (Å²) in [5.41, 5.74) is 10.6. The highest BCUT2D eigenvalue weighted by Crippen LogP contribution is 2.46. The van der Waals surface area contributed by atoms with Gasteiger partial charge in [0.2, 0.25) is 5.91 Å². The summed E-state index contributed by atoms with van der Waals surface area (Å²) in [5.74, 6) is 0.181. The number of nitrogens with zero attached hydrogens (tertiary/aromatic N) is 2. The molecular formula is C32H38N4O4. The summed E-state index contributed by atoms with van der Waals surface area (Å²) < 4.78 is 0. The van der Waals surface area contributed by atoms with Crippen LogP contribution in [0, 0.1) is 5.92 Å². The Bertz CT molecular complexity index is 1360. The Hall–Kier alpha value is -3.75. The molecule has 2 aliphatic carbocycles. The normalized spacial score (nSPS) is 26.0. The zero-order valence-corrected chi connectivity index (χ0v) is 23.1. The lowest BCUT2D eigenvalue weighted by molar-refractivity contribution is -0.117. The number of carbonyl (C=O) groups excluding carboxylic acids is 1. The predicted molar refractivity (Wildman–Crippen MR) is 156 cm³/mol. The summed E-state index contributed by atoms with van der Waals surface area (Å²) in [5, 5.41) is 22.5. The third-order valence-electron chi connectivity index (χ3n) is 8.52. The van der Waals surface area contributed by atoms with Gasteiger partial charge in [-0.15, -0.1) is 0 Å². The number of nitrogens with two attached hydrogens (primary N) is 1. The Kier molecular flexibility index (Phi) is 7.66. The quantitative estimate of drug-likeness (QED) is 0.307. The summed E-state index contributed by atoms with van der Waals surface area (Å²) in [6, 6.07) is 20.0. The van der Waals surface area contributed by atoms with Crippen LogP contribution in [0.15, 0.2) is 66.9 Å². The highest BCUT2D eigenvalue weighted by molar-refractivity contribution is 5.93. The van der Waals surface area contributed by atoms with E-state index in [-0.39, 0.29) is 17.9 Å². The van der Waals surface area contributed by atoms with E-state index < -0.39 is 17.2 Å². The number of aromatic nitrogens is 1. The molecule has 5 rings (SSSR count). The number of nitrogens with one attached hydrogen (secondary N) is 1. The van der Waals surface area contributed by atoms with Gasteiger partial charge in [0.05, 0.1) is 23.2 Å². The Balaban J connectivity index is 1.30. The van der Waals surface area contributed by atoms with E-state index in [4.69, 9.17) is 10.7 Å². The van der Waals surface area contributed by atoms with E-state index in [1.807, 2.05) is 67.6 Å². The van der Waals surface area contributed by atoms with Gasteiger partial charge in [0.15, 0.2) is 0 Å². The lowest BCUT2D eigenvalue weighted by Crippen LogP contribution is -2.58. The van der Waals surface area contributed by atoms with Crippen LogP contribution in [0.2, 0.25) is 0 Å². The highest BCUT2D eigenvalue weighted by Gasteiger charge is 2.49. The van der Waals surface area contributed by atoms with Gasteiger partial charge in [-0.05, 0) is 68.6 Å². The molecule has 2 amide bonds. The first-order valence-corrected chi connectivity index (χ1v) is 14.0. The minimum atomic E-state index is -0.904. The molecule has 2 aromatic carbocycles. The van der Waals surface area contributed by atoms with Crippen molar-refractivity contribution in [2.45, 2.75) is 69.1 Å². The van der Waals surface area contributed by atoms with E-state index in [1.54, 1.807) is 13.2 Å². The number of hydrogen-bond acceptors (Lipinski definition) is 5. The average molecular weight is 543 g/mol. The molecule has 0 unspecified atom stereocenters. The number of amides is 2. The minimum Gasteiger partial charge on any atom is -0.465 e. The Morgan fingerprint density at radius 2 is 1.68 bits per heavy atom. The second-order valence-corrected chi connectivity index (χ2v) is 11.9. The van der Waals surface area contributed by atoms with Crippen LogP contribution in [0.1, 0.15) is 57.4 Å². The van der Waals surface area contributed by atoms with Crippen molar-refractivity contribution >= 4 is 17.7 Å². The van der Waals surface area contributed by atoms with E-state index in [0.717, 1.165) is 53.6 Å². The van der Waals surface area contributed by atoms with Crippen molar-refractivity contribution < 1.29 is 19.8 Å². The Labute approximate surface area is 235 Å². The zero-order chi connectivity index (χ0) is 28.5. The molecule has 2 aliphatic rings. The molecule has 210 valence electrons. The van der Waals surface area contributed by atoms with E-state index in [1.165, 1.54) is 4.90 Å². The number of hydrogen-bond donors (Lipinski definition) is 4. The second-order valence-electron chi connectivity index (χ2n) is 11.9. The molecule has 1 heterocycles. The molecule has 0 radical (unpaired) electrons. The van der Waals surface area contributed by atoms with E-state index in [0.29, 0.717) is 24.9 Å². The first kappa shape index (κ1) is 27.8. The van der Waals surface area contributed by atoms with Gasteiger partial charge in [-0.2, -0.15) is 0 Å². The van der Waals surface area contributed by atoms with Gasteiger partial charge in [0.25, 0.3) is 0 Å². The van der Waals surface area contributed by atoms with Gasteiger partial charge in [-0.3, -0.25) is 9.78 Å². The van der Waals surface area contributed by atoms with Gasteiger partial charge in [-0.1, -0.05) is 54.6 Å². The molecule has 5 N–H and O–H groups in total. The van der Waals surface area contributed by atoms with E-state index in [9.17, 15) is 19.8 Å². The maximum absolute atomic E-state index is 12.9. The van der Waals surface area contributed by atoms with Crippen LogP contribution in [0.3, 0.4) is 0 Å². The number of pyridine rings is 1. The molecule has 2 saturated carbocycles. The number of rotatable bonds is 7. The number of benzene rings is 2. The summed E-state index contributed by atoms with van der Waals surface area (Å²) in [4.78, 5) is 30.3. The SMILES string of the molecule is CN(C(=O)O)C1CCC(CC(=O)Nc2cnc(-c3ccc([C@]4(N)C[C@](C)(O)C4)cc3)c(-c3ccccc3)c2)CC1. The van der Waals surface area contributed by atoms with Crippen molar-refractivity contribution in [1.29, 1.82) is 0 Å². The first-order chi connectivity index (χ1) is 19.0. The molecule has 0 bridgehead atoms. The number of carboxylic acid groups (broad SMARTS) is 1. The van der Waals surface area contributed by atoms with Crippen molar-refractivity contribution in [1.82, 2.24) is 9.88 Å². The van der Waals surface area contributed by atoms with E-state index >= 15 is 0 Å². The van der Waals surface area contributed by atoms with Crippen molar-refractivity contribution in [3.8, 4) is 22.4 Å². The highest BCUT2D eigenvalue weighted by atomic mass is 16.4. The number of anilines is 1. The van der Waals surface area contributed by atoms with Crippen LogP contribution < -0.4 is 11.1 Å². The monoisotopic (exact) mass is 542 g/mol. The van der Waals surface area contributed by atoms with Crippen molar-refractivity contribution in [2.24, 2.45) is 11.7 Å². The van der Waals surface area contributed by atoms with Crippen LogP contribution in [0.4, 0.5) is 10.5 Å². The van der Waals surface area contributed by atoms with Crippen molar-refractivity contribution in [3.05, 3.63) is 72.4 Å². The Morgan fingerprint density at radius 1 is 1.02 bits per heavy atom. The fraction of sp³-hybridized carbons (Fsp3) is 0.406. The average Bonchev–Trinajstić information content (AvgIpc) is 2.92. The van der Waals surface area contributed by atoms with Crippen LogP contribution in [0.5, 0.6) is 0 Å². The molecule has 8 heteroatoms. The lowest BCUT2D eigenvalue weighted by atomic mass is 9.63. The van der Waals surface area contributed by atoms with Crippen LogP contribution in [-0.4, -0.2) is 50.8 Å². The second kappa shape index (κ2) is 11.0. The molecule has 1 aromatic heterocycles. The lowest BCUT2D eigenvalue weighted by Gasteiger charge is -2.49. The molecular weight excluding hydrogens is 504 g/mol. The summed E-state index contributed by atoms with van der Waals surface area (Å²) >= 11 is 0. The maximum Gasteiger partial charge on any atom is 0.407 e. The molecule has 0 atom stereocenters. The standard InChI is InChI=1S/C32H38N4O4/c1-31(40)19-32(33,20-31)24-12-10-23(11-13-24)29-27(22-6-4-3-5-7-22)17-25(18-34-29)35-28(37)16-21-8-14-26(15-9-21)36(2)30(38)39/h3-7,10-13,17-18,21,26,40H,8-9,14-16,19-20,33H2,1-2H3,(H,35,37)(H,38,39)/t21?,26?,31-,32-. The number of carbonyl (C=O) groups is 2. The van der Waals surface area contributed by atoms with E-state index in [2.05, 4.69) is 5.32 Å². The topological polar surface area (TPSA) is 129 Å². The fourth-order valence-corrected chi connectivity index (χ4v) is 6.44. The molecule has 0 saturated heterocycles. The first-order valence-electron chi connectivity index (χ1n) is 14.0. The summed E-state index contributed by atoms with van der Waals surface area (Å²) in [6.07, 6.45) is 5.47. The smallest absolute Gasteiger partial charge is 0.407 e. The molecule has 0 spiro atoms. The van der Waals surface area contributed by atoms with Crippen molar-refractivity contribution in [3.63, 3.8) is 0 Å². The van der Waals surface area contributed by atoms with Gasteiger partial charge < -0.3 is 26.2 Å². The fourth-order valence-electron chi connectivity index (χ4n) is 6.44. The van der Waals surface area contributed by atoms with Crippen LogP contribution in [-0.2, 0) is 10.3 Å². The van der Waals surface area contributed by atoms with Crippen LogP contribution >= 0.6 is 0 Å². The molecule has 40 heavy (non-hydrogen) atoms. The molecule has 0 aliphatic heterocycles. The molecule has 8 nitrogen and oxygen atoms in total. The Morgan fingerprint density at radius 3 is 2.27 bits per heavy atom. The molecule has 3 aromatic rings. The van der Waals surface area contributed by atoms with Gasteiger partial charge in [0, 0.05) is 36.2 Å². The third kappa shape index (κ3) is 6.03. The predicted octanol–water partition coefficient (Wildman–Crippen LogP) is 5.61. The number of aliphatic hydroxyl groups is 1. The van der Waals surface area contributed by atoms with Gasteiger partial charge >= 0.3 is 6.09 Å². The third-order valence-corrected chi connectivity index (χ3v) is 8.52. The zero-order valence-electron chi connectivity index (χ0n) is 23.1. The maximum atomic E-state index is 12.9. The van der Waals surface area contributed by atoms with Gasteiger partial charge in [0.1, 0.15) is 0 Å². The minimum absolute atomic E-state index is 0.0232. The molecule has 2 fully saturated rings. The summed E-state index contributed by atoms with van der Waals surface area (Å²) in [7, 11) is 1.61. The summed E-state index contributed by atoms with van der Waals surface area (Å²) in [6.45, 7) is 1.81. The van der Waals surface area contributed by atoms with Gasteiger partial charge in [-0.25, -0.2) is 4.79 Å². The van der Waals surface area contributed by atoms with Crippen LogP contribution in [0.25, 0.3) is 22.4 Å². The largest absolute Gasteiger partial charge is 0.465 e. The van der Waals surface area contributed by atoms with Crippen molar-refractivity contribution in [2.75, 3.05) is 12.4 Å².